The molecule has 0 aliphatic heterocycles. The van der Waals surface area contributed by atoms with Gasteiger partial charge in [-0.05, 0) is 70.1 Å². The minimum absolute atomic E-state index is 0.162. The van der Waals surface area contributed by atoms with E-state index in [4.69, 9.17) is 20.1 Å². The molecule has 2 aliphatic rings. The molecular weight excluding hydrogens is 506 g/mol. The number of rotatable bonds is 11. The molecule has 222 valence electrons. The van der Waals surface area contributed by atoms with Gasteiger partial charge >= 0.3 is 5.97 Å². The first-order valence-corrected chi connectivity index (χ1v) is 15.5. The molecule has 1 saturated carbocycles. The van der Waals surface area contributed by atoms with Crippen molar-refractivity contribution in [1.82, 2.24) is 9.99 Å². The number of esters is 1. The summed E-state index contributed by atoms with van der Waals surface area (Å²) in [6.07, 6.45) is 12.9. The predicted molar refractivity (Wildman–Crippen MR) is 157 cm³/mol. The third-order valence-corrected chi connectivity index (χ3v) is 8.65. The molecule has 1 fully saturated rings. The SMILES string of the molecule is CCCOc1ccc2c3c(n(C4CCCCCCCC4)c2c1)C(C)(OCCCC(=O)OCC)CCC3C(=O)NN. The van der Waals surface area contributed by atoms with Gasteiger partial charge in [-0.2, -0.15) is 0 Å². The molecule has 1 heterocycles. The van der Waals surface area contributed by atoms with E-state index >= 15 is 0 Å². The first kappa shape index (κ1) is 30.4. The number of carbonyl (C=O) groups excluding carboxylic acids is 2. The predicted octanol–water partition coefficient (Wildman–Crippen LogP) is 6.55. The zero-order valence-corrected chi connectivity index (χ0v) is 24.8. The van der Waals surface area contributed by atoms with E-state index in [2.05, 4.69) is 36.0 Å². The molecule has 2 aliphatic carbocycles. The van der Waals surface area contributed by atoms with Gasteiger partial charge in [-0.25, -0.2) is 5.84 Å². The summed E-state index contributed by atoms with van der Waals surface area (Å²) in [5, 5.41) is 1.08. The highest BCUT2D eigenvalue weighted by Crippen LogP contribution is 2.51. The van der Waals surface area contributed by atoms with Crippen molar-refractivity contribution in [2.75, 3.05) is 19.8 Å². The van der Waals surface area contributed by atoms with Crippen LogP contribution in [0, 0.1) is 0 Å². The number of nitrogens with two attached hydrogens (primary N) is 1. The highest BCUT2D eigenvalue weighted by atomic mass is 16.5. The maximum atomic E-state index is 13.2. The average molecular weight is 556 g/mol. The number of nitrogens with zero attached hydrogens (tertiary/aromatic N) is 1. The molecule has 8 nitrogen and oxygen atoms in total. The lowest BCUT2D eigenvalue weighted by Gasteiger charge is -2.40. The molecule has 0 saturated heterocycles. The van der Waals surface area contributed by atoms with Crippen molar-refractivity contribution in [1.29, 1.82) is 0 Å². The quantitative estimate of drug-likeness (QED) is 0.107. The Bertz CT molecular complexity index is 1140. The second kappa shape index (κ2) is 14.4. The van der Waals surface area contributed by atoms with Crippen LogP contribution in [0.5, 0.6) is 5.75 Å². The van der Waals surface area contributed by atoms with E-state index in [-0.39, 0.29) is 17.8 Å². The standard InChI is InChI=1S/C32H49N3O5/c1-4-20-39-24-16-17-25-27(22-24)35(23-13-10-8-6-7-9-11-14-23)30-29(25)26(31(37)34-33)18-19-32(30,3)40-21-12-15-28(36)38-5-2/h16-17,22-23,26H,4-15,18-21,33H2,1-3H3,(H,34,37). The Morgan fingerprint density at radius 3 is 2.45 bits per heavy atom. The largest absolute Gasteiger partial charge is 0.494 e. The zero-order valence-electron chi connectivity index (χ0n) is 24.8. The molecule has 0 bridgehead atoms. The van der Waals surface area contributed by atoms with Gasteiger partial charge in [-0.3, -0.25) is 15.0 Å². The van der Waals surface area contributed by atoms with Crippen LogP contribution in [-0.4, -0.2) is 36.3 Å². The Balaban J connectivity index is 1.83. The van der Waals surface area contributed by atoms with Crippen LogP contribution in [0.3, 0.4) is 0 Å². The average Bonchev–Trinajstić information content (AvgIpc) is 3.36. The number of carbonyl (C=O) groups is 2. The van der Waals surface area contributed by atoms with Crippen LogP contribution >= 0.6 is 0 Å². The van der Waals surface area contributed by atoms with Crippen LogP contribution in [0.2, 0.25) is 0 Å². The minimum Gasteiger partial charge on any atom is -0.494 e. The highest BCUT2D eigenvalue weighted by molar-refractivity contribution is 5.95. The molecule has 1 aromatic heterocycles. The van der Waals surface area contributed by atoms with E-state index in [1.165, 1.54) is 38.5 Å². The van der Waals surface area contributed by atoms with Gasteiger partial charge in [0.2, 0.25) is 5.91 Å². The molecule has 2 aromatic rings. The van der Waals surface area contributed by atoms with Gasteiger partial charge < -0.3 is 18.8 Å². The lowest BCUT2D eigenvalue weighted by Crippen LogP contribution is -2.41. The van der Waals surface area contributed by atoms with Gasteiger partial charge in [0.1, 0.15) is 11.4 Å². The van der Waals surface area contributed by atoms with Gasteiger partial charge in [0.15, 0.2) is 0 Å². The fraction of sp³-hybridized carbons (Fsp3) is 0.688. The molecule has 1 aromatic carbocycles. The van der Waals surface area contributed by atoms with Crippen LogP contribution in [-0.2, 0) is 24.7 Å². The Labute approximate surface area is 239 Å². The van der Waals surface area contributed by atoms with Crippen LogP contribution < -0.4 is 16.0 Å². The molecule has 40 heavy (non-hydrogen) atoms. The zero-order chi connectivity index (χ0) is 28.5. The van der Waals surface area contributed by atoms with Crippen molar-refractivity contribution in [3.05, 3.63) is 29.5 Å². The van der Waals surface area contributed by atoms with Crippen molar-refractivity contribution in [3.8, 4) is 5.75 Å². The number of amides is 1. The van der Waals surface area contributed by atoms with Crippen molar-refractivity contribution in [2.45, 2.75) is 122 Å². The number of benzene rings is 1. The van der Waals surface area contributed by atoms with E-state index < -0.39 is 5.60 Å². The normalized spacial score (nSPS) is 22.1. The summed E-state index contributed by atoms with van der Waals surface area (Å²) >= 11 is 0. The summed E-state index contributed by atoms with van der Waals surface area (Å²) in [4.78, 5) is 25.1. The molecular formula is C32H49N3O5. The number of ether oxygens (including phenoxy) is 3. The number of hydrogen-bond acceptors (Lipinski definition) is 6. The number of nitrogens with one attached hydrogen (secondary N) is 1. The smallest absolute Gasteiger partial charge is 0.305 e. The van der Waals surface area contributed by atoms with E-state index in [9.17, 15) is 9.59 Å². The lowest BCUT2D eigenvalue weighted by atomic mass is 9.76. The van der Waals surface area contributed by atoms with Crippen LogP contribution in [0.25, 0.3) is 10.9 Å². The first-order valence-electron chi connectivity index (χ1n) is 15.5. The molecule has 2 atom stereocenters. The molecule has 1 amide bonds. The molecule has 0 spiro atoms. The third kappa shape index (κ3) is 6.82. The maximum Gasteiger partial charge on any atom is 0.305 e. The number of hydrogen-bond donors (Lipinski definition) is 2. The van der Waals surface area contributed by atoms with Crippen LogP contribution in [0.15, 0.2) is 18.2 Å². The summed E-state index contributed by atoms with van der Waals surface area (Å²) in [5.41, 5.74) is 5.07. The van der Waals surface area contributed by atoms with Crippen molar-refractivity contribution >= 4 is 22.8 Å². The van der Waals surface area contributed by atoms with Crippen LogP contribution in [0.1, 0.15) is 127 Å². The molecule has 4 rings (SSSR count). The Morgan fingerprint density at radius 2 is 1.77 bits per heavy atom. The molecule has 8 heteroatoms. The van der Waals surface area contributed by atoms with Crippen LogP contribution in [0.4, 0.5) is 0 Å². The third-order valence-electron chi connectivity index (χ3n) is 8.65. The van der Waals surface area contributed by atoms with Gasteiger partial charge in [0.05, 0.1) is 30.3 Å². The topological polar surface area (TPSA) is 105 Å². The van der Waals surface area contributed by atoms with Gasteiger partial charge in [0.25, 0.3) is 0 Å². The van der Waals surface area contributed by atoms with Crippen molar-refractivity contribution in [3.63, 3.8) is 0 Å². The lowest BCUT2D eigenvalue weighted by molar-refractivity contribution is -0.144. The fourth-order valence-electron chi connectivity index (χ4n) is 6.70. The second-order valence-corrected chi connectivity index (χ2v) is 11.6. The van der Waals surface area contributed by atoms with E-state index in [1.54, 1.807) is 0 Å². The Hall–Kier alpha value is -2.58. The summed E-state index contributed by atoms with van der Waals surface area (Å²) < 4.78 is 20.4. The van der Waals surface area contributed by atoms with Gasteiger partial charge in [-0.15, -0.1) is 0 Å². The number of fused-ring (bicyclic) bond motifs is 3. The summed E-state index contributed by atoms with van der Waals surface area (Å²) in [7, 11) is 0. The van der Waals surface area contributed by atoms with Gasteiger partial charge in [0, 0.05) is 30.5 Å². The van der Waals surface area contributed by atoms with E-state index in [0.29, 0.717) is 51.5 Å². The second-order valence-electron chi connectivity index (χ2n) is 11.6. The first-order chi connectivity index (χ1) is 19.4. The van der Waals surface area contributed by atoms with E-state index in [0.717, 1.165) is 47.2 Å². The van der Waals surface area contributed by atoms with Crippen molar-refractivity contribution < 1.29 is 23.8 Å². The summed E-state index contributed by atoms with van der Waals surface area (Å²) in [6, 6.07) is 6.62. The number of hydrazine groups is 1. The number of aromatic nitrogens is 1. The monoisotopic (exact) mass is 555 g/mol. The van der Waals surface area contributed by atoms with Crippen molar-refractivity contribution in [2.24, 2.45) is 5.84 Å². The Morgan fingerprint density at radius 1 is 1.05 bits per heavy atom. The summed E-state index contributed by atoms with van der Waals surface area (Å²) in [5.74, 6) is 5.85. The molecule has 2 unspecified atom stereocenters. The minimum atomic E-state index is -0.600. The highest BCUT2D eigenvalue weighted by Gasteiger charge is 2.45. The summed E-state index contributed by atoms with van der Waals surface area (Å²) in [6.45, 7) is 7.58. The maximum absolute atomic E-state index is 13.2. The van der Waals surface area contributed by atoms with Gasteiger partial charge in [-0.1, -0.05) is 45.4 Å². The molecule has 3 N–H and O–H groups in total. The Kier molecular flexibility index (Phi) is 10.9. The van der Waals surface area contributed by atoms with E-state index in [1.807, 2.05) is 13.0 Å². The fourth-order valence-corrected chi connectivity index (χ4v) is 6.70. The molecule has 0 radical (unpaired) electrons.